The van der Waals surface area contributed by atoms with Crippen molar-refractivity contribution in [2.75, 3.05) is 24.7 Å². The molecule has 8 heteroatoms. The second-order valence-electron chi connectivity index (χ2n) is 11.2. The van der Waals surface area contributed by atoms with E-state index in [0.717, 1.165) is 61.8 Å². The zero-order valence-corrected chi connectivity index (χ0v) is 23.3. The zero-order chi connectivity index (χ0) is 26.6. The fourth-order valence-corrected chi connectivity index (χ4v) is 5.83. The molecule has 0 unspecified atom stereocenters. The highest BCUT2D eigenvalue weighted by molar-refractivity contribution is 5.80. The van der Waals surface area contributed by atoms with E-state index in [9.17, 15) is 0 Å². The number of aryl methyl sites for hydroxylation is 1. The first-order chi connectivity index (χ1) is 19.2. The minimum absolute atomic E-state index is 0.615. The first-order valence-corrected chi connectivity index (χ1v) is 14.7. The molecule has 0 amide bonds. The van der Waals surface area contributed by atoms with Gasteiger partial charge in [-0.1, -0.05) is 75.2 Å². The van der Waals surface area contributed by atoms with Crippen LogP contribution >= 0.6 is 0 Å². The molecule has 0 atom stereocenters. The summed E-state index contributed by atoms with van der Waals surface area (Å²) in [4.78, 5) is 10.5. The van der Waals surface area contributed by atoms with Crippen LogP contribution < -0.4 is 4.90 Å². The standard InChI is InChI=1S/C31H40N8/c1-3-5-6-11-29-32-31-28(21-37(19-23-12-13-23)22-38(31)18-4-2)39(29)20-24-14-16-25(17-15-24)26-9-7-8-10-27(26)30-33-35-36-34-30/h7-10,14-17,23H,3-6,11-13,18-22H2,1-2H3,(H,33,34,35,36). The van der Waals surface area contributed by atoms with Crippen molar-refractivity contribution >= 4 is 5.82 Å². The van der Waals surface area contributed by atoms with Crippen LogP contribution in [-0.4, -0.2) is 54.8 Å². The van der Waals surface area contributed by atoms with E-state index in [4.69, 9.17) is 4.98 Å². The van der Waals surface area contributed by atoms with Crippen molar-refractivity contribution in [3.05, 3.63) is 65.6 Å². The molecular formula is C31H40N8. The molecule has 1 N–H and O–H groups in total. The molecule has 204 valence electrons. The van der Waals surface area contributed by atoms with Crippen LogP contribution in [0.5, 0.6) is 0 Å². The van der Waals surface area contributed by atoms with Gasteiger partial charge in [0, 0.05) is 38.2 Å². The number of aromatic amines is 1. The third-order valence-electron chi connectivity index (χ3n) is 8.00. The molecule has 1 aliphatic carbocycles. The molecule has 1 saturated carbocycles. The van der Waals surface area contributed by atoms with Crippen LogP contribution in [0, 0.1) is 5.92 Å². The Morgan fingerprint density at radius 2 is 1.77 bits per heavy atom. The molecule has 8 nitrogen and oxygen atoms in total. The fraction of sp³-hybridized carbons (Fsp3) is 0.484. The van der Waals surface area contributed by atoms with Crippen molar-refractivity contribution in [3.63, 3.8) is 0 Å². The van der Waals surface area contributed by atoms with E-state index in [1.165, 1.54) is 61.5 Å². The van der Waals surface area contributed by atoms with Crippen molar-refractivity contribution in [1.82, 2.24) is 35.1 Å². The SMILES string of the molecule is CCCCCc1nc2c(n1Cc1ccc(-c3ccccc3-c3nn[nH]n3)cc1)CN(CC1CC1)CN2CCC. The molecule has 6 rings (SSSR count). The summed E-state index contributed by atoms with van der Waals surface area (Å²) >= 11 is 0. The van der Waals surface area contributed by atoms with Gasteiger partial charge in [-0.05, 0) is 53.5 Å². The molecule has 2 aromatic carbocycles. The second-order valence-corrected chi connectivity index (χ2v) is 11.2. The number of tetrazole rings is 1. The largest absolute Gasteiger partial charge is 0.342 e. The smallest absolute Gasteiger partial charge is 0.205 e. The lowest BCUT2D eigenvalue weighted by atomic mass is 9.98. The number of rotatable bonds is 12. The minimum atomic E-state index is 0.615. The lowest BCUT2D eigenvalue weighted by molar-refractivity contribution is 0.234. The summed E-state index contributed by atoms with van der Waals surface area (Å²) in [6, 6.07) is 17.2. The number of aromatic nitrogens is 6. The quantitative estimate of drug-likeness (QED) is 0.232. The van der Waals surface area contributed by atoms with Crippen LogP contribution in [0.4, 0.5) is 5.82 Å². The van der Waals surface area contributed by atoms with Gasteiger partial charge in [0.15, 0.2) is 5.82 Å². The summed E-state index contributed by atoms with van der Waals surface area (Å²) in [5.41, 5.74) is 5.94. The Kier molecular flexibility index (Phi) is 7.72. The number of H-pyrrole nitrogens is 1. The molecule has 0 radical (unpaired) electrons. The van der Waals surface area contributed by atoms with Crippen LogP contribution in [-0.2, 0) is 19.5 Å². The topological polar surface area (TPSA) is 78.8 Å². The number of benzene rings is 2. The van der Waals surface area contributed by atoms with E-state index in [-0.39, 0.29) is 0 Å². The van der Waals surface area contributed by atoms with Crippen LogP contribution in [0.2, 0.25) is 0 Å². The van der Waals surface area contributed by atoms with Crippen LogP contribution in [0.25, 0.3) is 22.5 Å². The van der Waals surface area contributed by atoms with E-state index in [0.29, 0.717) is 5.82 Å². The normalized spacial score (nSPS) is 15.6. The van der Waals surface area contributed by atoms with Gasteiger partial charge < -0.3 is 9.47 Å². The summed E-state index contributed by atoms with van der Waals surface area (Å²) in [7, 11) is 0. The summed E-state index contributed by atoms with van der Waals surface area (Å²) in [6.07, 6.45) is 8.63. The minimum Gasteiger partial charge on any atom is -0.342 e. The molecule has 39 heavy (non-hydrogen) atoms. The highest BCUT2D eigenvalue weighted by Gasteiger charge is 2.32. The Morgan fingerprint density at radius 1 is 0.949 bits per heavy atom. The molecular weight excluding hydrogens is 484 g/mol. The number of imidazole rings is 1. The molecule has 0 spiro atoms. The summed E-state index contributed by atoms with van der Waals surface area (Å²) in [5, 5.41) is 14.7. The van der Waals surface area contributed by atoms with E-state index in [2.05, 4.69) is 85.2 Å². The maximum absolute atomic E-state index is 5.29. The summed E-state index contributed by atoms with van der Waals surface area (Å²) in [6.45, 7) is 9.69. The molecule has 1 fully saturated rings. The number of hydrogen-bond acceptors (Lipinski definition) is 6. The Bertz CT molecular complexity index is 1350. The summed E-state index contributed by atoms with van der Waals surface area (Å²) < 4.78 is 2.54. The fourth-order valence-electron chi connectivity index (χ4n) is 5.83. The van der Waals surface area contributed by atoms with Crippen molar-refractivity contribution < 1.29 is 0 Å². The maximum atomic E-state index is 5.29. The summed E-state index contributed by atoms with van der Waals surface area (Å²) in [5.74, 6) is 3.97. The Balaban J connectivity index is 1.29. The maximum Gasteiger partial charge on any atom is 0.205 e. The van der Waals surface area contributed by atoms with Crippen molar-refractivity contribution in [2.24, 2.45) is 5.92 Å². The highest BCUT2D eigenvalue weighted by Crippen LogP contribution is 2.35. The number of nitrogens with one attached hydrogen (secondary N) is 1. The average Bonchev–Trinajstić information content (AvgIpc) is 3.47. The number of nitrogens with zero attached hydrogens (tertiary/aromatic N) is 7. The van der Waals surface area contributed by atoms with E-state index in [1.807, 2.05) is 12.1 Å². The Hall–Kier alpha value is -3.52. The molecule has 0 bridgehead atoms. The van der Waals surface area contributed by atoms with Gasteiger partial charge in [-0.15, -0.1) is 10.2 Å². The van der Waals surface area contributed by atoms with Crippen LogP contribution in [0.1, 0.15) is 69.5 Å². The van der Waals surface area contributed by atoms with Crippen LogP contribution in [0.15, 0.2) is 48.5 Å². The lowest BCUT2D eigenvalue weighted by Gasteiger charge is -2.36. The van der Waals surface area contributed by atoms with Crippen LogP contribution in [0.3, 0.4) is 0 Å². The molecule has 3 heterocycles. The van der Waals surface area contributed by atoms with Gasteiger partial charge >= 0.3 is 0 Å². The highest BCUT2D eigenvalue weighted by atomic mass is 15.5. The lowest BCUT2D eigenvalue weighted by Crippen LogP contribution is -2.44. The Labute approximate surface area is 231 Å². The van der Waals surface area contributed by atoms with Gasteiger partial charge in [0.2, 0.25) is 5.82 Å². The molecule has 2 aliphatic rings. The molecule has 0 saturated heterocycles. The van der Waals surface area contributed by atoms with Crippen molar-refractivity contribution in [3.8, 4) is 22.5 Å². The van der Waals surface area contributed by atoms with Crippen molar-refractivity contribution in [1.29, 1.82) is 0 Å². The number of unbranched alkanes of at least 4 members (excludes halogenated alkanes) is 2. The molecule has 1 aliphatic heterocycles. The molecule has 2 aromatic heterocycles. The third-order valence-corrected chi connectivity index (χ3v) is 8.00. The second kappa shape index (κ2) is 11.7. The first-order valence-electron chi connectivity index (χ1n) is 14.7. The number of anilines is 1. The van der Waals surface area contributed by atoms with Gasteiger partial charge in [-0.2, -0.15) is 5.21 Å². The monoisotopic (exact) mass is 524 g/mol. The predicted octanol–water partition coefficient (Wildman–Crippen LogP) is 5.91. The van der Waals surface area contributed by atoms with E-state index < -0.39 is 0 Å². The van der Waals surface area contributed by atoms with Gasteiger partial charge in [0.05, 0.1) is 12.4 Å². The first kappa shape index (κ1) is 25.7. The molecule has 4 aromatic rings. The van der Waals surface area contributed by atoms with E-state index in [1.54, 1.807) is 0 Å². The van der Waals surface area contributed by atoms with Gasteiger partial charge in [0.25, 0.3) is 0 Å². The predicted molar refractivity (Wildman–Crippen MR) is 155 cm³/mol. The van der Waals surface area contributed by atoms with Crippen molar-refractivity contribution in [2.45, 2.75) is 71.9 Å². The number of hydrogen-bond donors (Lipinski definition) is 1. The average molecular weight is 525 g/mol. The number of fused-ring (bicyclic) bond motifs is 1. The van der Waals surface area contributed by atoms with E-state index >= 15 is 0 Å². The third kappa shape index (κ3) is 5.76. The van der Waals surface area contributed by atoms with Gasteiger partial charge in [-0.3, -0.25) is 4.90 Å². The Morgan fingerprint density at radius 3 is 2.49 bits per heavy atom. The van der Waals surface area contributed by atoms with Gasteiger partial charge in [-0.25, -0.2) is 4.98 Å². The zero-order valence-electron chi connectivity index (χ0n) is 23.3. The van der Waals surface area contributed by atoms with Gasteiger partial charge in [0.1, 0.15) is 5.82 Å².